The molecular formula is C16H18BrNO2S. The zero-order chi connectivity index (χ0) is 15.3. The Labute approximate surface area is 137 Å². The minimum Gasteiger partial charge on any atom is -0.464 e. The summed E-state index contributed by atoms with van der Waals surface area (Å²) >= 11 is 5.12. The minimum absolute atomic E-state index is 0.264. The molecule has 1 heterocycles. The molecule has 3 nitrogen and oxygen atoms in total. The smallest absolute Gasteiger partial charge is 0.330 e. The van der Waals surface area contributed by atoms with E-state index in [1.165, 1.54) is 4.88 Å². The van der Waals surface area contributed by atoms with E-state index in [-0.39, 0.29) is 5.97 Å². The molecule has 0 aliphatic rings. The van der Waals surface area contributed by atoms with Crippen LogP contribution in [0.2, 0.25) is 0 Å². The highest BCUT2D eigenvalue weighted by atomic mass is 79.9. The number of halogens is 1. The molecule has 1 aromatic carbocycles. The molecule has 0 spiro atoms. The molecule has 0 radical (unpaired) electrons. The van der Waals surface area contributed by atoms with Crippen molar-refractivity contribution in [1.82, 2.24) is 5.32 Å². The summed E-state index contributed by atoms with van der Waals surface area (Å²) in [5, 5.41) is 5.37. The van der Waals surface area contributed by atoms with Crippen molar-refractivity contribution in [1.29, 1.82) is 0 Å². The van der Waals surface area contributed by atoms with Crippen molar-refractivity contribution in [3.63, 3.8) is 0 Å². The lowest BCUT2D eigenvalue weighted by Gasteiger charge is -2.29. The number of rotatable bonds is 6. The molecule has 0 fully saturated rings. The number of nitrogens with one attached hydrogen (secondary N) is 1. The Morgan fingerprint density at radius 2 is 2.19 bits per heavy atom. The summed E-state index contributed by atoms with van der Waals surface area (Å²) in [6, 6.07) is 11.8. The molecule has 112 valence electrons. The molecule has 0 saturated carbocycles. The van der Waals surface area contributed by atoms with Gasteiger partial charge in [-0.15, -0.1) is 11.3 Å². The van der Waals surface area contributed by atoms with Crippen molar-refractivity contribution in [3.05, 3.63) is 56.7 Å². The van der Waals surface area contributed by atoms with Crippen molar-refractivity contribution >= 4 is 33.2 Å². The van der Waals surface area contributed by atoms with Gasteiger partial charge in [-0.05, 0) is 43.0 Å². The van der Waals surface area contributed by atoms with E-state index in [0.717, 1.165) is 10.0 Å². The molecule has 1 unspecified atom stereocenters. The van der Waals surface area contributed by atoms with E-state index < -0.39 is 5.54 Å². The predicted molar refractivity (Wildman–Crippen MR) is 89.3 cm³/mol. The lowest BCUT2D eigenvalue weighted by molar-refractivity contribution is -0.151. The normalized spacial score (nSPS) is 13.7. The van der Waals surface area contributed by atoms with E-state index >= 15 is 0 Å². The first kappa shape index (κ1) is 16.2. The molecule has 1 atom stereocenters. The highest BCUT2D eigenvalue weighted by Gasteiger charge is 2.36. The van der Waals surface area contributed by atoms with Gasteiger partial charge in [-0.3, -0.25) is 5.32 Å². The van der Waals surface area contributed by atoms with Gasteiger partial charge in [0.15, 0.2) is 0 Å². The first-order valence-electron chi connectivity index (χ1n) is 6.77. The maximum Gasteiger partial charge on any atom is 0.330 e. The summed E-state index contributed by atoms with van der Waals surface area (Å²) < 4.78 is 6.20. The highest BCUT2D eigenvalue weighted by molar-refractivity contribution is 9.10. The van der Waals surface area contributed by atoms with Gasteiger partial charge in [0.2, 0.25) is 0 Å². The standard InChI is InChI=1S/C16H18BrNO2S/c1-3-20-15(19)16(2,12-6-4-7-13(17)10-12)18-11-14-8-5-9-21-14/h4-10,18H,3,11H2,1-2H3. The zero-order valence-corrected chi connectivity index (χ0v) is 14.5. The average Bonchev–Trinajstić information content (AvgIpc) is 2.98. The van der Waals surface area contributed by atoms with Crippen LogP contribution < -0.4 is 5.32 Å². The fourth-order valence-corrected chi connectivity index (χ4v) is 3.09. The molecule has 2 rings (SSSR count). The van der Waals surface area contributed by atoms with Crippen molar-refractivity contribution in [2.24, 2.45) is 0 Å². The van der Waals surface area contributed by atoms with Crippen molar-refractivity contribution < 1.29 is 9.53 Å². The fourth-order valence-electron chi connectivity index (χ4n) is 2.04. The Balaban J connectivity index is 2.27. The van der Waals surface area contributed by atoms with Gasteiger partial charge in [-0.2, -0.15) is 0 Å². The van der Waals surface area contributed by atoms with Gasteiger partial charge in [-0.1, -0.05) is 34.1 Å². The number of ether oxygens (including phenoxy) is 1. The maximum absolute atomic E-state index is 12.4. The van der Waals surface area contributed by atoms with Gasteiger partial charge in [0.25, 0.3) is 0 Å². The number of benzene rings is 1. The van der Waals surface area contributed by atoms with E-state index in [1.807, 2.05) is 55.6 Å². The number of hydrogen-bond donors (Lipinski definition) is 1. The molecule has 0 bridgehead atoms. The van der Waals surface area contributed by atoms with Gasteiger partial charge in [0.1, 0.15) is 5.54 Å². The lowest BCUT2D eigenvalue weighted by atomic mass is 9.92. The SMILES string of the molecule is CCOC(=O)C(C)(NCc1cccs1)c1cccc(Br)c1. The van der Waals surface area contributed by atoms with Crippen LogP contribution in [0.3, 0.4) is 0 Å². The summed E-state index contributed by atoms with van der Waals surface area (Å²) in [5.74, 6) is -0.264. The van der Waals surface area contributed by atoms with E-state index in [1.54, 1.807) is 11.3 Å². The second kappa shape index (κ2) is 7.20. The minimum atomic E-state index is -0.871. The second-order valence-corrected chi connectivity index (χ2v) is 6.74. The third kappa shape index (κ3) is 3.93. The van der Waals surface area contributed by atoms with E-state index in [9.17, 15) is 4.79 Å². The zero-order valence-electron chi connectivity index (χ0n) is 12.1. The van der Waals surface area contributed by atoms with Crippen molar-refractivity contribution in [2.45, 2.75) is 25.9 Å². The molecule has 1 N–H and O–H groups in total. The first-order chi connectivity index (χ1) is 10.1. The van der Waals surface area contributed by atoms with Crippen molar-refractivity contribution in [2.75, 3.05) is 6.61 Å². The largest absolute Gasteiger partial charge is 0.464 e. The third-order valence-corrected chi connectivity index (χ3v) is 4.65. The predicted octanol–water partition coefficient (Wildman–Crippen LogP) is 4.08. The molecule has 0 aliphatic carbocycles. The van der Waals surface area contributed by atoms with Crippen LogP contribution in [0, 0.1) is 0 Å². The number of thiophene rings is 1. The number of hydrogen-bond acceptors (Lipinski definition) is 4. The van der Waals surface area contributed by atoms with E-state index in [4.69, 9.17) is 4.74 Å². The molecule has 5 heteroatoms. The topological polar surface area (TPSA) is 38.3 Å². The number of carbonyl (C=O) groups is 1. The Bertz CT molecular complexity index is 600. The lowest BCUT2D eigenvalue weighted by Crippen LogP contribution is -2.47. The van der Waals surface area contributed by atoms with Crippen LogP contribution in [0.4, 0.5) is 0 Å². The second-order valence-electron chi connectivity index (χ2n) is 4.79. The molecule has 2 aromatic rings. The summed E-state index contributed by atoms with van der Waals surface area (Å²) in [4.78, 5) is 13.6. The fraction of sp³-hybridized carbons (Fsp3) is 0.312. The number of carbonyl (C=O) groups excluding carboxylic acids is 1. The third-order valence-electron chi connectivity index (χ3n) is 3.28. The van der Waals surface area contributed by atoms with Gasteiger partial charge < -0.3 is 4.74 Å². The molecule has 21 heavy (non-hydrogen) atoms. The van der Waals surface area contributed by atoms with Gasteiger partial charge in [-0.25, -0.2) is 4.79 Å². The number of esters is 1. The monoisotopic (exact) mass is 367 g/mol. The van der Waals surface area contributed by atoms with Crippen LogP contribution in [0.25, 0.3) is 0 Å². The Hall–Kier alpha value is -1.17. The summed E-state index contributed by atoms with van der Waals surface area (Å²) in [6.07, 6.45) is 0. The quantitative estimate of drug-likeness (QED) is 0.781. The molecule has 0 saturated heterocycles. The van der Waals surface area contributed by atoms with Gasteiger partial charge >= 0.3 is 5.97 Å². The Morgan fingerprint density at radius 3 is 2.81 bits per heavy atom. The van der Waals surface area contributed by atoms with E-state index in [0.29, 0.717) is 13.2 Å². The van der Waals surface area contributed by atoms with Crippen LogP contribution >= 0.6 is 27.3 Å². The van der Waals surface area contributed by atoms with Crippen molar-refractivity contribution in [3.8, 4) is 0 Å². The van der Waals surface area contributed by atoms with Crippen LogP contribution in [0.15, 0.2) is 46.3 Å². The summed E-state index contributed by atoms with van der Waals surface area (Å²) in [5.41, 5.74) is 0.0101. The van der Waals surface area contributed by atoms with Gasteiger partial charge in [0, 0.05) is 15.9 Å². The molecule has 0 aliphatic heterocycles. The Kier molecular flexibility index (Phi) is 5.56. The Morgan fingerprint density at radius 1 is 1.38 bits per heavy atom. The van der Waals surface area contributed by atoms with E-state index in [2.05, 4.69) is 21.2 Å². The first-order valence-corrected chi connectivity index (χ1v) is 8.44. The summed E-state index contributed by atoms with van der Waals surface area (Å²) in [6.45, 7) is 4.67. The summed E-state index contributed by atoms with van der Waals surface area (Å²) in [7, 11) is 0. The molecule has 1 aromatic heterocycles. The molecular weight excluding hydrogens is 350 g/mol. The van der Waals surface area contributed by atoms with Crippen LogP contribution in [-0.4, -0.2) is 12.6 Å². The van der Waals surface area contributed by atoms with Gasteiger partial charge in [0.05, 0.1) is 6.61 Å². The maximum atomic E-state index is 12.4. The van der Waals surface area contributed by atoms with Crippen LogP contribution in [0.5, 0.6) is 0 Å². The van der Waals surface area contributed by atoms with Crippen LogP contribution in [0.1, 0.15) is 24.3 Å². The average molecular weight is 368 g/mol. The molecule has 0 amide bonds. The van der Waals surface area contributed by atoms with Crippen LogP contribution in [-0.2, 0) is 21.6 Å². The highest BCUT2D eigenvalue weighted by Crippen LogP contribution is 2.26.